The number of amides is 3. The van der Waals surface area contributed by atoms with Crippen molar-refractivity contribution in [3.8, 4) is 0 Å². The average molecular weight is 356 g/mol. The predicted molar refractivity (Wildman–Crippen MR) is 94.8 cm³/mol. The average Bonchev–Trinajstić information content (AvgIpc) is 3.29. The summed E-state index contributed by atoms with van der Waals surface area (Å²) in [5.74, 6) is 0.579. The number of fused-ring (bicyclic) bond motifs is 2. The van der Waals surface area contributed by atoms with Crippen molar-refractivity contribution in [2.24, 2.45) is 11.8 Å². The van der Waals surface area contributed by atoms with Crippen LogP contribution < -0.4 is 0 Å². The number of benzene rings is 1. The Morgan fingerprint density at radius 3 is 2.27 bits per heavy atom. The number of likely N-dealkylation sites (tertiary alicyclic amines) is 1. The molecule has 3 atom stereocenters. The van der Waals surface area contributed by atoms with Crippen molar-refractivity contribution in [3.63, 3.8) is 0 Å². The molecule has 0 aromatic heterocycles. The molecule has 3 aliphatic rings. The van der Waals surface area contributed by atoms with Gasteiger partial charge >= 0.3 is 6.09 Å². The van der Waals surface area contributed by atoms with Crippen molar-refractivity contribution in [3.05, 3.63) is 35.4 Å². The molecule has 3 amide bonds. The van der Waals surface area contributed by atoms with Gasteiger partial charge in [0.1, 0.15) is 5.60 Å². The Morgan fingerprint density at radius 2 is 1.69 bits per heavy atom. The van der Waals surface area contributed by atoms with Crippen LogP contribution in [0.2, 0.25) is 0 Å². The van der Waals surface area contributed by atoms with Crippen LogP contribution in [-0.2, 0) is 4.74 Å². The number of ether oxygens (including phenoxy) is 1. The summed E-state index contributed by atoms with van der Waals surface area (Å²) in [7, 11) is 0. The van der Waals surface area contributed by atoms with Gasteiger partial charge in [0.2, 0.25) is 0 Å². The number of nitrogens with zero attached hydrogens (tertiary/aromatic N) is 2. The van der Waals surface area contributed by atoms with Gasteiger partial charge in [0, 0.05) is 13.1 Å². The summed E-state index contributed by atoms with van der Waals surface area (Å²) in [6.07, 6.45) is 1.57. The van der Waals surface area contributed by atoms with Crippen molar-refractivity contribution in [1.82, 2.24) is 9.80 Å². The monoisotopic (exact) mass is 356 g/mol. The lowest BCUT2D eigenvalue weighted by Crippen LogP contribution is -2.52. The van der Waals surface area contributed by atoms with Crippen LogP contribution >= 0.6 is 0 Å². The zero-order valence-corrected chi connectivity index (χ0v) is 15.4. The van der Waals surface area contributed by atoms with Gasteiger partial charge in [-0.25, -0.2) is 4.79 Å². The molecule has 26 heavy (non-hydrogen) atoms. The Balaban J connectivity index is 1.53. The Labute approximate surface area is 153 Å². The van der Waals surface area contributed by atoms with Crippen molar-refractivity contribution in [2.45, 2.75) is 45.3 Å². The summed E-state index contributed by atoms with van der Waals surface area (Å²) in [6, 6.07) is 6.69. The van der Waals surface area contributed by atoms with E-state index in [4.69, 9.17) is 4.74 Å². The summed E-state index contributed by atoms with van der Waals surface area (Å²) >= 11 is 0. The number of carbonyl (C=O) groups excluding carboxylic acids is 3. The van der Waals surface area contributed by atoms with Crippen LogP contribution in [-0.4, -0.2) is 52.4 Å². The number of hydrogen-bond donors (Lipinski definition) is 0. The summed E-state index contributed by atoms with van der Waals surface area (Å²) in [5.41, 5.74) is 0.320. The van der Waals surface area contributed by atoms with E-state index in [1.54, 1.807) is 29.2 Å². The Morgan fingerprint density at radius 1 is 1.08 bits per heavy atom. The van der Waals surface area contributed by atoms with E-state index in [0.717, 1.165) is 12.8 Å². The molecular weight excluding hydrogens is 332 g/mol. The minimum atomic E-state index is -0.572. The predicted octanol–water partition coefficient (Wildman–Crippen LogP) is 2.93. The molecular formula is C20H24N2O4. The highest BCUT2D eigenvalue weighted by Gasteiger charge is 2.49. The first-order valence-corrected chi connectivity index (χ1v) is 9.19. The molecule has 1 saturated heterocycles. The fraction of sp³-hybridized carbons (Fsp3) is 0.550. The zero-order chi connectivity index (χ0) is 18.6. The third-order valence-corrected chi connectivity index (χ3v) is 5.42. The molecule has 0 spiro atoms. The Kier molecular flexibility index (Phi) is 3.82. The second-order valence-electron chi connectivity index (χ2n) is 8.54. The van der Waals surface area contributed by atoms with Crippen LogP contribution in [0.1, 0.15) is 54.3 Å². The number of rotatable bonds is 2. The van der Waals surface area contributed by atoms with Crippen molar-refractivity contribution < 1.29 is 19.1 Å². The molecule has 3 unspecified atom stereocenters. The van der Waals surface area contributed by atoms with E-state index in [-0.39, 0.29) is 30.5 Å². The maximum atomic E-state index is 12.7. The molecule has 1 saturated carbocycles. The Hall–Kier alpha value is -2.37. The standard InChI is InChI=1S/C20H24N2O4/c1-20(2,3)26-19(25)21-10-13-8-12(13)9-14(21)11-22-17(23)15-6-4-5-7-16(15)18(22)24/h4-7,12-14H,8-11H2,1-3H3. The summed E-state index contributed by atoms with van der Waals surface area (Å²) in [6.45, 7) is 6.40. The second kappa shape index (κ2) is 5.83. The van der Waals surface area contributed by atoms with Gasteiger partial charge in [0.05, 0.1) is 17.2 Å². The molecule has 1 aromatic carbocycles. The molecule has 2 aliphatic heterocycles. The zero-order valence-electron chi connectivity index (χ0n) is 15.4. The maximum absolute atomic E-state index is 12.7. The van der Waals surface area contributed by atoms with Gasteiger partial charge in [0.15, 0.2) is 0 Å². The highest BCUT2D eigenvalue weighted by Crippen LogP contribution is 2.47. The summed E-state index contributed by atoms with van der Waals surface area (Å²) < 4.78 is 5.55. The molecule has 0 radical (unpaired) electrons. The number of imide groups is 1. The third kappa shape index (κ3) is 2.97. The second-order valence-corrected chi connectivity index (χ2v) is 8.54. The van der Waals surface area contributed by atoms with Gasteiger partial charge in [-0.15, -0.1) is 0 Å². The minimum absolute atomic E-state index is 0.184. The van der Waals surface area contributed by atoms with Gasteiger partial charge in [-0.1, -0.05) is 12.1 Å². The van der Waals surface area contributed by atoms with E-state index in [1.807, 2.05) is 20.8 Å². The first-order chi connectivity index (χ1) is 12.2. The number of piperidine rings is 1. The molecule has 138 valence electrons. The molecule has 2 heterocycles. The van der Waals surface area contributed by atoms with E-state index in [0.29, 0.717) is 29.5 Å². The van der Waals surface area contributed by atoms with E-state index in [9.17, 15) is 14.4 Å². The van der Waals surface area contributed by atoms with Crippen LogP contribution in [0.3, 0.4) is 0 Å². The van der Waals surface area contributed by atoms with Crippen molar-refractivity contribution in [1.29, 1.82) is 0 Å². The van der Waals surface area contributed by atoms with Crippen molar-refractivity contribution >= 4 is 17.9 Å². The quantitative estimate of drug-likeness (QED) is 0.764. The smallest absolute Gasteiger partial charge is 0.410 e. The van der Waals surface area contributed by atoms with Crippen LogP contribution in [0.5, 0.6) is 0 Å². The van der Waals surface area contributed by atoms with Gasteiger partial charge < -0.3 is 9.64 Å². The lowest BCUT2D eigenvalue weighted by molar-refractivity contribution is 0.00420. The van der Waals surface area contributed by atoms with Crippen LogP contribution in [0.4, 0.5) is 4.79 Å². The molecule has 2 fully saturated rings. The number of carbonyl (C=O) groups is 3. The Bertz CT molecular complexity index is 747. The highest BCUT2D eigenvalue weighted by molar-refractivity contribution is 6.21. The van der Waals surface area contributed by atoms with Crippen LogP contribution in [0.25, 0.3) is 0 Å². The minimum Gasteiger partial charge on any atom is -0.444 e. The normalized spacial score (nSPS) is 27.3. The van der Waals surface area contributed by atoms with Gasteiger partial charge in [-0.05, 0) is 57.6 Å². The lowest BCUT2D eigenvalue weighted by Gasteiger charge is -2.37. The molecule has 4 rings (SSSR count). The van der Waals surface area contributed by atoms with Gasteiger partial charge in [-0.2, -0.15) is 0 Å². The van der Waals surface area contributed by atoms with Gasteiger partial charge in [-0.3, -0.25) is 14.5 Å². The summed E-state index contributed by atoms with van der Waals surface area (Å²) in [5, 5.41) is 0. The highest BCUT2D eigenvalue weighted by atomic mass is 16.6. The van der Waals surface area contributed by atoms with E-state index < -0.39 is 5.60 Å². The topological polar surface area (TPSA) is 66.9 Å². The van der Waals surface area contributed by atoms with E-state index in [1.165, 1.54) is 4.90 Å². The fourth-order valence-corrected chi connectivity index (χ4v) is 4.03. The largest absolute Gasteiger partial charge is 0.444 e. The third-order valence-electron chi connectivity index (χ3n) is 5.42. The van der Waals surface area contributed by atoms with Gasteiger partial charge in [0.25, 0.3) is 11.8 Å². The molecule has 6 heteroatoms. The SMILES string of the molecule is CC(C)(C)OC(=O)N1CC2CC2CC1CN1C(=O)c2ccccc2C1=O. The first-order valence-electron chi connectivity index (χ1n) is 9.19. The van der Waals surface area contributed by atoms with E-state index >= 15 is 0 Å². The first kappa shape index (κ1) is 17.1. The van der Waals surface area contributed by atoms with Crippen LogP contribution in [0, 0.1) is 11.8 Å². The van der Waals surface area contributed by atoms with Crippen molar-refractivity contribution in [2.75, 3.05) is 13.1 Å². The molecule has 0 N–H and O–H groups in total. The molecule has 1 aromatic rings. The molecule has 0 bridgehead atoms. The maximum Gasteiger partial charge on any atom is 0.410 e. The number of hydrogen-bond acceptors (Lipinski definition) is 4. The van der Waals surface area contributed by atoms with E-state index in [2.05, 4.69) is 0 Å². The summed E-state index contributed by atoms with van der Waals surface area (Å²) in [4.78, 5) is 41.0. The molecule has 1 aliphatic carbocycles. The lowest BCUT2D eigenvalue weighted by atomic mass is 10.0. The fourth-order valence-electron chi connectivity index (χ4n) is 4.03. The molecule has 6 nitrogen and oxygen atoms in total. The van der Waals surface area contributed by atoms with Crippen LogP contribution in [0.15, 0.2) is 24.3 Å².